The van der Waals surface area contributed by atoms with Gasteiger partial charge in [-0.3, -0.25) is 14.9 Å². The first-order valence-corrected chi connectivity index (χ1v) is 8.61. The fraction of sp³-hybridized carbons (Fsp3) is 0.143. The first-order chi connectivity index (χ1) is 13.4. The highest BCUT2D eigenvalue weighted by Crippen LogP contribution is 2.24. The molecule has 0 aromatic heterocycles. The molecule has 0 aliphatic rings. The largest absolute Gasteiger partial charge is 0.449 e. The molecule has 0 unspecified atom stereocenters. The third-order valence-electron chi connectivity index (χ3n) is 4.34. The first kappa shape index (κ1) is 19.0. The van der Waals surface area contributed by atoms with Gasteiger partial charge in [-0.25, -0.2) is 4.79 Å². The maximum atomic E-state index is 12.5. The Hall–Kier alpha value is -3.74. The quantitative estimate of drug-likeness (QED) is 0.407. The van der Waals surface area contributed by atoms with Gasteiger partial charge in [-0.15, -0.1) is 0 Å². The van der Waals surface area contributed by atoms with Crippen LogP contribution in [-0.2, 0) is 9.53 Å². The van der Waals surface area contributed by atoms with Gasteiger partial charge in [0.05, 0.1) is 10.5 Å². The summed E-state index contributed by atoms with van der Waals surface area (Å²) in [7, 11) is 0. The molecule has 0 fully saturated rings. The van der Waals surface area contributed by atoms with Gasteiger partial charge in [0, 0.05) is 22.7 Å². The van der Waals surface area contributed by atoms with Crippen molar-refractivity contribution >= 4 is 34.0 Å². The number of carbonyl (C=O) groups excluding carboxylic acids is 2. The third-order valence-corrected chi connectivity index (χ3v) is 4.34. The minimum atomic E-state index is -1.08. The van der Waals surface area contributed by atoms with Crippen LogP contribution in [-0.4, -0.2) is 22.9 Å². The smallest absolute Gasteiger partial charge is 0.339 e. The fourth-order valence-electron chi connectivity index (χ4n) is 2.78. The van der Waals surface area contributed by atoms with E-state index in [0.29, 0.717) is 11.3 Å². The summed E-state index contributed by atoms with van der Waals surface area (Å²) in [6, 6.07) is 17.1. The Balaban J connectivity index is 1.73. The third kappa shape index (κ3) is 3.98. The van der Waals surface area contributed by atoms with E-state index >= 15 is 0 Å². The van der Waals surface area contributed by atoms with Crippen LogP contribution in [0.4, 0.5) is 11.4 Å². The van der Waals surface area contributed by atoms with Crippen molar-refractivity contribution in [2.24, 2.45) is 0 Å². The van der Waals surface area contributed by atoms with Gasteiger partial charge in [0.1, 0.15) is 0 Å². The lowest BCUT2D eigenvalue weighted by atomic mass is 10.1. The second-order valence-corrected chi connectivity index (χ2v) is 6.32. The number of rotatable bonds is 5. The molecule has 0 saturated heterocycles. The van der Waals surface area contributed by atoms with Crippen LogP contribution in [0.2, 0.25) is 0 Å². The average Bonchev–Trinajstić information content (AvgIpc) is 2.68. The molecular formula is C21H18N2O5. The van der Waals surface area contributed by atoms with E-state index in [2.05, 4.69) is 5.32 Å². The summed E-state index contributed by atoms with van der Waals surface area (Å²) in [5.41, 5.74) is 0.879. The van der Waals surface area contributed by atoms with Crippen LogP contribution in [0.15, 0.2) is 60.7 Å². The van der Waals surface area contributed by atoms with Crippen molar-refractivity contribution in [2.75, 3.05) is 5.32 Å². The number of hydrogen-bond acceptors (Lipinski definition) is 5. The van der Waals surface area contributed by atoms with Gasteiger partial charge < -0.3 is 10.1 Å². The second kappa shape index (κ2) is 7.87. The van der Waals surface area contributed by atoms with Crippen LogP contribution in [0.1, 0.15) is 22.8 Å². The normalized spacial score (nSPS) is 11.6. The van der Waals surface area contributed by atoms with Gasteiger partial charge in [-0.2, -0.15) is 0 Å². The average molecular weight is 378 g/mol. The predicted octanol–water partition coefficient (Wildman–Crippen LogP) is 4.24. The molecule has 0 bridgehead atoms. The number of nitrogens with zero attached hydrogens (tertiary/aromatic N) is 1. The standard InChI is InChI=1S/C21H18N2O5/c1-13-10-11-16(12-19(13)23(26)27)21(25)28-14(2)20(24)22-18-9-5-7-15-6-3-4-8-17(15)18/h3-12,14H,1-2H3,(H,22,24)/t14-/m0/s1. The van der Waals surface area contributed by atoms with Gasteiger partial charge in [0.2, 0.25) is 0 Å². The molecule has 0 aliphatic heterocycles. The lowest BCUT2D eigenvalue weighted by molar-refractivity contribution is -0.385. The van der Waals surface area contributed by atoms with Crippen molar-refractivity contribution in [3.05, 3.63) is 81.9 Å². The molecule has 0 spiro atoms. The molecule has 0 heterocycles. The molecule has 7 nitrogen and oxygen atoms in total. The number of fused-ring (bicyclic) bond motifs is 1. The topological polar surface area (TPSA) is 98.5 Å². The number of hydrogen-bond donors (Lipinski definition) is 1. The van der Waals surface area contributed by atoms with E-state index in [1.807, 2.05) is 36.4 Å². The molecule has 1 atom stereocenters. The van der Waals surface area contributed by atoms with Crippen molar-refractivity contribution in [3.63, 3.8) is 0 Å². The number of esters is 1. The summed E-state index contributed by atoms with van der Waals surface area (Å²) in [4.78, 5) is 35.2. The van der Waals surface area contributed by atoms with Gasteiger partial charge >= 0.3 is 5.97 Å². The highest BCUT2D eigenvalue weighted by atomic mass is 16.6. The van der Waals surface area contributed by atoms with Gasteiger partial charge in [-0.05, 0) is 31.4 Å². The van der Waals surface area contributed by atoms with Crippen LogP contribution in [0.5, 0.6) is 0 Å². The molecule has 3 aromatic rings. The van der Waals surface area contributed by atoms with Crippen molar-refractivity contribution in [3.8, 4) is 0 Å². The number of ether oxygens (including phenoxy) is 1. The number of amides is 1. The van der Waals surface area contributed by atoms with Crippen molar-refractivity contribution in [1.29, 1.82) is 0 Å². The van der Waals surface area contributed by atoms with E-state index in [1.54, 1.807) is 13.0 Å². The highest BCUT2D eigenvalue weighted by molar-refractivity contribution is 6.04. The zero-order valence-corrected chi connectivity index (χ0v) is 15.3. The number of nitro groups is 1. The molecular weight excluding hydrogens is 360 g/mol. The van der Waals surface area contributed by atoms with Crippen LogP contribution in [0.3, 0.4) is 0 Å². The molecule has 3 rings (SSSR count). The summed E-state index contributed by atoms with van der Waals surface area (Å²) < 4.78 is 5.18. The fourth-order valence-corrected chi connectivity index (χ4v) is 2.78. The minimum absolute atomic E-state index is 0.0158. The second-order valence-electron chi connectivity index (χ2n) is 6.32. The van der Waals surface area contributed by atoms with Gasteiger partial charge in [-0.1, -0.05) is 42.5 Å². The number of carbonyl (C=O) groups is 2. The molecule has 1 N–H and O–H groups in total. The van der Waals surface area contributed by atoms with Crippen molar-refractivity contribution in [2.45, 2.75) is 20.0 Å². The molecule has 7 heteroatoms. The molecule has 1 amide bonds. The van der Waals surface area contributed by atoms with Gasteiger partial charge in [0.25, 0.3) is 11.6 Å². The molecule has 0 radical (unpaired) electrons. The van der Waals surface area contributed by atoms with Crippen molar-refractivity contribution in [1.82, 2.24) is 0 Å². The Labute approximate surface area is 161 Å². The number of benzene rings is 3. The summed E-state index contributed by atoms with van der Waals surface area (Å²) >= 11 is 0. The number of nitrogens with one attached hydrogen (secondary N) is 1. The van der Waals surface area contributed by atoms with Crippen LogP contribution >= 0.6 is 0 Å². The molecule has 28 heavy (non-hydrogen) atoms. The molecule has 142 valence electrons. The summed E-state index contributed by atoms with van der Waals surface area (Å²) in [5.74, 6) is -1.30. The molecule has 0 aliphatic carbocycles. The molecule has 0 saturated carbocycles. The van der Waals surface area contributed by atoms with E-state index in [4.69, 9.17) is 4.74 Å². The lowest BCUT2D eigenvalue weighted by Crippen LogP contribution is -2.30. The maximum Gasteiger partial charge on any atom is 0.339 e. The summed E-state index contributed by atoms with van der Waals surface area (Å²) in [5, 5.41) is 15.6. The van der Waals surface area contributed by atoms with Crippen LogP contribution in [0, 0.1) is 17.0 Å². The maximum absolute atomic E-state index is 12.5. The lowest BCUT2D eigenvalue weighted by Gasteiger charge is -2.15. The zero-order chi connectivity index (χ0) is 20.3. The number of aryl methyl sites for hydroxylation is 1. The first-order valence-electron chi connectivity index (χ1n) is 8.61. The highest BCUT2D eigenvalue weighted by Gasteiger charge is 2.22. The monoisotopic (exact) mass is 378 g/mol. The SMILES string of the molecule is Cc1ccc(C(=O)O[C@@H](C)C(=O)Nc2cccc3ccccc23)cc1[N+](=O)[O-]. The van der Waals surface area contributed by atoms with Crippen LogP contribution < -0.4 is 5.32 Å². The van der Waals surface area contributed by atoms with E-state index in [1.165, 1.54) is 19.1 Å². The van der Waals surface area contributed by atoms with E-state index < -0.39 is 22.9 Å². The minimum Gasteiger partial charge on any atom is -0.449 e. The Morgan fingerprint density at radius 3 is 2.54 bits per heavy atom. The number of nitro benzene ring substituents is 1. The van der Waals surface area contributed by atoms with E-state index in [-0.39, 0.29) is 11.3 Å². The van der Waals surface area contributed by atoms with E-state index in [0.717, 1.165) is 16.8 Å². The Kier molecular flexibility index (Phi) is 5.35. The molecule has 3 aromatic carbocycles. The van der Waals surface area contributed by atoms with Gasteiger partial charge in [0.15, 0.2) is 6.10 Å². The predicted molar refractivity (Wildman–Crippen MR) is 105 cm³/mol. The summed E-state index contributed by atoms with van der Waals surface area (Å²) in [6.45, 7) is 3.02. The Bertz CT molecular complexity index is 1070. The Morgan fingerprint density at radius 2 is 1.79 bits per heavy atom. The van der Waals surface area contributed by atoms with Crippen LogP contribution in [0.25, 0.3) is 10.8 Å². The zero-order valence-electron chi connectivity index (χ0n) is 15.3. The number of anilines is 1. The van der Waals surface area contributed by atoms with Crippen molar-refractivity contribution < 1.29 is 19.2 Å². The summed E-state index contributed by atoms with van der Waals surface area (Å²) in [6.07, 6.45) is -1.08. The Morgan fingerprint density at radius 1 is 1.07 bits per heavy atom. The van der Waals surface area contributed by atoms with E-state index in [9.17, 15) is 19.7 Å².